The number of aromatic carboxylic acids is 1. The Hall–Kier alpha value is -3.21. The molecule has 3 rings (SSSR count). The quantitative estimate of drug-likeness (QED) is 0.764. The number of rotatable bonds is 4. The van der Waals surface area contributed by atoms with Crippen LogP contribution in [0.15, 0.2) is 60.9 Å². The number of anilines is 2. The van der Waals surface area contributed by atoms with E-state index < -0.39 is 5.97 Å². The summed E-state index contributed by atoms with van der Waals surface area (Å²) in [6.07, 6.45) is 3.51. The maximum atomic E-state index is 10.8. The van der Waals surface area contributed by atoms with Crippen molar-refractivity contribution in [2.45, 2.75) is 6.92 Å². The molecule has 5 heteroatoms. The van der Waals surface area contributed by atoms with Crippen molar-refractivity contribution in [1.29, 1.82) is 0 Å². The summed E-state index contributed by atoms with van der Waals surface area (Å²) in [6.45, 7) is 2.04. The Bertz CT molecular complexity index is 810. The Balaban J connectivity index is 1.74. The van der Waals surface area contributed by atoms with Gasteiger partial charge in [-0.2, -0.15) is 0 Å². The topological polar surface area (TPSA) is 75.1 Å². The maximum absolute atomic E-state index is 10.8. The normalized spacial score (nSPS) is 10.3. The predicted octanol–water partition coefficient (Wildman–Crippen LogP) is 3.89. The number of aromatic nitrogens is 2. The second-order valence-corrected chi connectivity index (χ2v) is 5.17. The smallest absolute Gasteiger partial charge is 0.335 e. The molecule has 1 aromatic heterocycles. The van der Waals surface area contributed by atoms with Gasteiger partial charge in [-0.1, -0.05) is 29.8 Å². The molecule has 0 saturated carbocycles. The molecular weight excluding hydrogens is 290 g/mol. The van der Waals surface area contributed by atoms with Gasteiger partial charge in [-0.15, -0.1) is 0 Å². The van der Waals surface area contributed by atoms with Crippen LogP contribution >= 0.6 is 0 Å². The second kappa shape index (κ2) is 6.27. The van der Waals surface area contributed by atoms with Gasteiger partial charge in [-0.05, 0) is 36.8 Å². The first kappa shape index (κ1) is 14.7. The van der Waals surface area contributed by atoms with Crippen molar-refractivity contribution in [1.82, 2.24) is 9.97 Å². The minimum atomic E-state index is -0.949. The zero-order valence-electron chi connectivity index (χ0n) is 12.5. The molecule has 0 aliphatic carbocycles. The summed E-state index contributed by atoms with van der Waals surface area (Å²) >= 11 is 0. The Morgan fingerprint density at radius 3 is 2.09 bits per heavy atom. The van der Waals surface area contributed by atoms with Crippen LogP contribution in [0.1, 0.15) is 15.9 Å². The SMILES string of the molecule is Cc1ccc(-c2cnc(Nc3ccc(C(=O)O)cc3)nc2)cc1. The van der Waals surface area contributed by atoms with Crippen molar-refractivity contribution in [2.75, 3.05) is 5.32 Å². The second-order valence-electron chi connectivity index (χ2n) is 5.17. The Kier molecular flexibility index (Phi) is 4.01. The van der Waals surface area contributed by atoms with Crippen molar-refractivity contribution in [2.24, 2.45) is 0 Å². The number of hydrogen-bond acceptors (Lipinski definition) is 4. The van der Waals surface area contributed by atoms with Crippen LogP contribution in [0.3, 0.4) is 0 Å². The predicted molar refractivity (Wildman–Crippen MR) is 88.9 cm³/mol. The van der Waals surface area contributed by atoms with Crippen molar-refractivity contribution in [3.63, 3.8) is 0 Å². The van der Waals surface area contributed by atoms with Crippen LogP contribution in [0.4, 0.5) is 11.6 Å². The molecule has 0 saturated heterocycles. The maximum Gasteiger partial charge on any atom is 0.335 e. The van der Waals surface area contributed by atoms with Crippen LogP contribution in [-0.2, 0) is 0 Å². The van der Waals surface area contributed by atoms with E-state index >= 15 is 0 Å². The average molecular weight is 305 g/mol. The number of hydrogen-bond donors (Lipinski definition) is 2. The number of benzene rings is 2. The fraction of sp³-hybridized carbons (Fsp3) is 0.0556. The fourth-order valence-electron chi connectivity index (χ4n) is 2.11. The van der Waals surface area contributed by atoms with Gasteiger partial charge in [0, 0.05) is 23.6 Å². The van der Waals surface area contributed by atoms with Crippen LogP contribution in [0.2, 0.25) is 0 Å². The van der Waals surface area contributed by atoms with Gasteiger partial charge in [0.25, 0.3) is 0 Å². The lowest BCUT2D eigenvalue weighted by molar-refractivity contribution is 0.0697. The first-order chi connectivity index (χ1) is 11.1. The molecule has 2 N–H and O–H groups in total. The van der Waals surface area contributed by atoms with Gasteiger partial charge in [0.2, 0.25) is 5.95 Å². The van der Waals surface area contributed by atoms with E-state index in [2.05, 4.69) is 15.3 Å². The molecule has 2 aromatic carbocycles. The van der Waals surface area contributed by atoms with Gasteiger partial charge >= 0.3 is 5.97 Å². The molecule has 3 aromatic rings. The van der Waals surface area contributed by atoms with Crippen LogP contribution < -0.4 is 5.32 Å². The van der Waals surface area contributed by atoms with Crippen molar-refractivity contribution in [3.8, 4) is 11.1 Å². The van der Waals surface area contributed by atoms with Crippen molar-refractivity contribution >= 4 is 17.6 Å². The monoisotopic (exact) mass is 305 g/mol. The summed E-state index contributed by atoms with van der Waals surface area (Å²) < 4.78 is 0. The van der Waals surface area contributed by atoms with E-state index in [1.165, 1.54) is 17.7 Å². The lowest BCUT2D eigenvalue weighted by atomic mass is 10.1. The fourth-order valence-corrected chi connectivity index (χ4v) is 2.11. The molecule has 0 aliphatic heterocycles. The van der Waals surface area contributed by atoms with E-state index in [-0.39, 0.29) is 5.56 Å². The number of nitrogens with one attached hydrogen (secondary N) is 1. The molecule has 0 bridgehead atoms. The van der Waals surface area contributed by atoms with Gasteiger partial charge < -0.3 is 10.4 Å². The Morgan fingerprint density at radius 1 is 0.913 bits per heavy atom. The van der Waals surface area contributed by atoms with Crippen LogP contribution in [0, 0.1) is 6.92 Å². The molecule has 0 spiro atoms. The summed E-state index contributed by atoms with van der Waals surface area (Å²) in [5.74, 6) is -0.487. The lowest BCUT2D eigenvalue weighted by Crippen LogP contribution is -1.99. The molecule has 5 nitrogen and oxygen atoms in total. The van der Waals surface area contributed by atoms with Crippen LogP contribution in [-0.4, -0.2) is 21.0 Å². The first-order valence-electron chi connectivity index (χ1n) is 7.11. The minimum Gasteiger partial charge on any atom is -0.478 e. The van der Waals surface area contributed by atoms with E-state index in [1.54, 1.807) is 24.5 Å². The molecule has 0 aliphatic rings. The standard InChI is InChI=1S/C18H15N3O2/c1-12-2-4-13(5-3-12)15-10-19-18(20-11-15)21-16-8-6-14(7-9-16)17(22)23/h2-11H,1H3,(H,22,23)(H,19,20,21). The molecule has 0 atom stereocenters. The number of aryl methyl sites for hydroxylation is 1. The minimum absolute atomic E-state index is 0.242. The number of nitrogens with zero attached hydrogens (tertiary/aromatic N) is 2. The largest absolute Gasteiger partial charge is 0.478 e. The summed E-state index contributed by atoms with van der Waals surface area (Å²) in [4.78, 5) is 19.4. The molecule has 114 valence electrons. The highest BCUT2D eigenvalue weighted by molar-refractivity contribution is 5.88. The number of carboxylic acid groups (broad SMARTS) is 1. The van der Waals surface area contributed by atoms with Gasteiger partial charge in [0.1, 0.15) is 0 Å². The molecule has 0 radical (unpaired) electrons. The van der Waals surface area contributed by atoms with E-state index in [0.29, 0.717) is 5.95 Å². The summed E-state index contributed by atoms with van der Waals surface area (Å²) in [6, 6.07) is 14.6. The Labute approximate surface area is 133 Å². The zero-order valence-corrected chi connectivity index (χ0v) is 12.5. The lowest BCUT2D eigenvalue weighted by Gasteiger charge is -2.06. The van der Waals surface area contributed by atoms with Crippen molar-refractivity contribution in [3.05, 3.63) is 72.1 Å². The van der Waals surface area contributed by atoms with Crippen molar-refractivity contribution < 1.29 is 9.90 Å². The highest BCUT2D eigenvalue weighted by Crippen LogP contribution is 2.20. The van der Waals surface area contributed by atoms with E-state index in [9.17, 15) is 4.79 Å². The third kappa shape index (κ3) is 3.52. The summed E-state index contributed by atoms with van der Waals surface area (Å²) in [7, 11) is 0. The van der Waals surface area contributed by atoms with Crippen LogP contribution in [0.25, 0.3) is 11.1 Å². The number of carbonyl (C=O) groups is 1. The van der Waals surface area contributed by atoms with Gasteiger partial charge in [-0.3, -0.25) is 0 Å². The molecule has 23 heavy (non-hydrogen) atoms. The molecule has 0 amide bonds. The third-order valence-corrected chi connectivity index (χ3v) is 3.42. The molecule has 0 fully saturated rings. The first-order valence-corrected chi connectivity index (χ1v) is 7.11. The highest BCUT2D eigenvalue weighted by atomic mass is 16.4. The molecule has 1 heterocycles. The summed E-state index contributed by atoms with van der Waals surface area (Å²) in [5, 5.41) is 11.9. The van der Waals surface area contributed by atoms with Crippen LogP contribution in [0.5, 0.6) is 0 Å². The van der Waals surface area contributed by atoms with Gasteiger partial charge in [0.15, 0.2) is 0 Å². The Morgan fingerprint density at radius 2 is 1.52 bits per heavy atom. The average Bonchev–Trinajstić information content (AvgIpc) is 2.57. The van der Waals surface area contributed by atoms with E-state index in [1.807, 2.05) is 31.2 Å². The van der Waals surface area contributed by atoms with Gasteiger partial charge in [-0.25, -0.2) is 14.8 Å². The summed E-state index contributed by atoms with van der Waals surface area (Å²) in [5.41, 5.74) is 4.19. The van der Waals surface area contributed by atoms with Gasteiger partial charge in [0.05, 0.1) is 5.56 Å². The van der Waals surface area contributed by atoms with E-state index in [0.717, 1.165) is 16.8 Å². The third-order valence-electron chi connectivity index (χ3n) is 3.42. The zero-order chi connectivity index (χ0) is 16.2. The number of carboxylic acids is 1. The highest BCUT2D eigenvalue weighted by Gasteiger charge is 2.04. The molecule has 0 unspecified atom stereocenters. The van der Waals surface area contributed by atoms with E-state index in [4.69, 9.17) is 5.11 Å². The molecular formula is C18H15N3O2.